The lowest BCUT2D eigenvalue weighted by atomic mass is 10.0. The minimum absolute atomic E-state index is 0.0296. The Hall–Kier alpha value is -0.0100. The quantitative estimate of drug-likeness (QED) is 0.156. The van der Waals surface area contributed by atoms with Crippen molar-refractivity contribution >= 4 is 79.6 Å². The molecule has 0 aromatic heterocycles. The fourth-order valence-electron chi connectivity index (χ4n) is 2.11. The van der Waals surface area contributed by atoms with Crippen molar-refractivity contribution in [1.29, 1.82) is 0 Å². The van der Waals surface area contributed by atoms with Crippen LogP contribution in [0.5, 0.6) is 5.75 Å². The van der Waals surface area contributed by atoms with E-state index in [4.69, 9.17) is 10.2 Å². The molecule has 9 nitrogen and oxygen atoms in total. The van der Waals surface area contributed by atoms with Gasteiger partial charge in [-0.3, -0.25) is 9.59 Å². The highest BCUT2D eigenvalue weighted by Gasteiger charge is 2.23. The summed E-state index contributed by atoms with van der Waals surface area (Å²) in [6, 6.07) is 0. The van der Waals surface area contributed by atoms with Gasteiger partial charge < -0.3 is 36.2 Å². The van der Waals surface area contributed by atoms with Crippen LogP contribution in [0.1, 0.15) is 11.1 Å². The molecule has 158 valence electrons. The van der Waals surface area contributed by atoms with Crippen LogP contribution in [-0.4, -0.2) is 75.9 Å². The molecule has 0 radical (unpaired) electrons. The molecular weight excluding hydrogens is 713 g/mol. The lowest BCUT2D eigenvalue weighted by Gasteiger charge is -2.17. The van der Waals surface area contributed by atoms with Crippen molar-refractivity contribution in [3.63, 3.8) is 0 Å². The predicted octanol–water partition coefficient (Wildman–Crippen LogP) is -0.770. The summed E-state index contributed by atoms with van der Waals surface area (Å²) in [5.41, 5.74) is 1.10. The highest BCUT2D eigenvalue weighted by atomic mass is 127. The van der Waals surface area contributed by atoms with Crippen molar-refractivity contribution in [1.82, 2.24) is 10.6 Å². The summed E-state index contributed by atoms with van der Waals surface area (Å²) in [7, 11) is 0. The summed E-state index contributed by atoms with van der Waals surface area (Å²) in [5, 5.41) is 51.7. The van der Waals surface area contributed by atoms with E-state index < -0.39 is 37.2 Å². The summed E-state index contributed by atoms with van der Waals surface area (Å²) < 4.78 is 1.63. The number of aliphatic hydroxyl groups is 4. The first-order chi connectivity index (χ1) is 13.1. The Morgan fingerprint density at radius 3 is 1.46 bits per heavy atom. The number of aromatic hydroxyl groups is 1. The molecule has 0 saturated carbocycles. The minimum atomic E-state index is -1.05. The number of phenolic OH excluding ortho intramolecular Hbond substituents is 1. The predicted molar refractivity (Wildman–Crippen MR) is 126 cm³/mol. The van der Waals surface area contributed by atoms with Gasteiger partial charge in [0, 0.05) is 16.7 Å². The number of rotatable bonds is 10. The van der Waals surface area contributed by atoms with Gasteiger partial charge in [-0.1, -0.05) is 0 Å². The maximum atomic E-state index is 12.2. The van der Waals surface area contributed by atoms with Gasteiger partial charge in [-0.2, -0.15) is 0 Å². The van der Waals surface area contributed by atoms with Gasteiger partial charge in [-0.15, -0.1) is 0 Å². The molecule has 0 heterocycles. The molecule has 0 saturated heterocycles. The average Bonchev–Trinajstić information content (AvgIpc) is 2.68. The lowest BCUT2D eigenvalue weighted by Crippen LogP contribution is -2.35. The van der Waals surface area contributed by atoms with Gasteiger partial charge in [-0.05, 0) is 78.9 Å². The van der Waals surface area contributed by atoms with Gasteiger partial charge in [-0.25, -0.2) is 0 Å². The van der Waals surface area contributed by atoms with Crippen molar-refractivity contribution in [3.05, 3.63) is 21.8 Å². The number of hydrogen-bond donors (Lipinski definition) is 7. The van der Waals surface area contributed by atoms with E-state index in [2.05, 4.69) is 10.6 Å². The van der Waals surface area contributed by atoms with Crippen molar-refractivity contribution in [3.8, 4) is 5.75 Å². The van der Waals surface area contributed by atoms with Crippen LogP contribution in [0.15, 0.2) is 0 Å². The van der Waals surface area contributed by atoms with E-state index in [1.807, 2.05) is 67.8 Å². The molecular formula is C16H21I3N2O7. The van der Waals surface area contributed by atoms with Gasteiger partial charge in [0.1, 0.15) is 5.75 Å². The first kappa shape index (κ1) is 26.0. The first-order valence-corrected chi connectivity index (χ1v) is 11.3. The van der Waals surface area contributed by atoms with Crippen molar-refractivity contribution < 1.29 is 35.1 Å². The van der Waals surface area contributed by atoms with E-state index in [1.54, 1.807) is 0 Å². The standard InChI is InChI=1S/C16H21I3N2O7/c17-13-9(1-11(26)20-3-7(24)5-22)14(18)16(28)15(19)10(13)2-12(27)21-4-8(25)6-23/h7-8,22-25,28H,1-6H2,(H,20,26)(H,21,27). The van der Waals surface area contributed by atoms with Gasteiger partial charge in [0.15, 0.2) is 0 Å². The van der Waals surface area contributed by atoms with Crippen LogP contribution < -0.4 is 10.6 Å². The van der Waals surface area contributed by atoms with E-state index in [-0.39, 0.29) is 31.7 Å². The molecule has 2 unspecified atom stereocenters. The second-order valence-electron chi connectivity index (χ2n) is 5.88. The number of aliphatic hydroxyl groups excluding tert-OH is 4. The topological polar surface area (TPSA) is 159 Å². The van der Waals surface area contributed by atoms with Crippen LogP contribution in [0, 0.1) is 10.7 Å². The van der Waals surface area contributed by atoms with Gasteiger partial charge in [0.05, 0.1) is 45.4 Å². The largest absolute Gasteiger partial charge is 0.506 e. The Balaban J connectivity index is 3.01. The number of nitrogens with one attached hydrogen (secondary N) is 2. The third kappa shape index (κ3) is 7.67. The number of carbonyl (C=O) groups excluding carboxylic acids is 2. The third-order valence-corrected chi connectivity index (χ3v) is 7.27. The van der Waals surface area contributed by atoms with Crippen molar-refractivity contribution in [2.24, 2.45) is 0 Å². The average molecular weight is 734 g/mol. The van der Waals surface area contributed by atoms with Crippen molar-refractivity contribution in [2.75, 3.05) is 26.3 Å². The smallest absolute Gasteiger partial charge is 0.224 e. The molecule has 0 aliphatic rings. The molecule has 0 fully saturated rings. The molecule has 1 aromatic carbocycles. The molecule has 1 rings (SSSR count). The fourth-order valence-corrected chi connectivity index (χ4v) is 6.03. The molecule has 0 bridgehead atoms. The molecule has 2 amide bonds. The number of carbonyl (C=O) groups is 2. The van der Waals surface area contributed by atoms with E-state index in [0.29, 0.717) is 21.8 Å². The Bertz CT molecular complexity index is 663. The van der Waals surface area contributed by atoms with Crippen LogP contribution in [0.25, 0.3) is 0 Å². The maximum Gasteiger partial charge on any atom is 0.224 e. The zero-order valence-electron chi connectivity index (χ0n) is 14.6. The zero-order valence-corrected chi connectivity index (χ0v) is 21.1. The van der Waals surface area contributed by atoms with Crippen LogP contribution in [0.3, 0.4) is 0 Å². The Morgan fingerprint density at radius 2 is 1.14 bits per heavy atom. The summed E-state index contributed by atoms with van der Waals surface area (Å²) >= 11 is 5.87. The van der Waals surface area contributed by atoms with Gasteiger partial charge >= 0.3 is 0 Å². The number of halogens is 3. The van der Waals surface area contributed by atoms with E-state index in [1.165, 1.54) is 0 Å². The highest BCUT2D eigenvalue weighted by molar-refractivity contribution is 14.1. The number of hydrogen-bond acceptors (Lipinski definition) is 7. The fraction of sp³-hybridized carbons (Fsp3) is 0.500. The molecule has 28 heavy (non-hydrogen) atoms. The molecule has 0 aliphatic carbocycles. The SMILES string of the molecule is O=C(Cc1c(I)c(O)c(I)c(CC(=O)NCC(O)CO)c1I)NCC(O)CO. The second kappa shape index (κ2) is 12.6. The summed E-state index contributed by atoms with van der Waals surface area (Å²) in [6.45, 7) is -1.13. The molecule has 1 aromatic rings. The van der Waals surface area contributed by atoms with Crippen LogP contribution in [0.4, 0.5) is 0 Å². The Morgan fingerprint density at radius 1 is 0.786 bits per heavy atom. The van der Waals surface area contributed by atoms with Gasteiger partial charge in [0.25, 0.3) is 0 Å². The van der Waals surface area contributed by atoms with Crippen LogP contribution >= 0.6 is 67.8 Å². The molecule has 7 N–H and O–H groups in total. The Labute approximate surface area is 202 Å². The Kier molecular flexibility index (Phi) is 11.7. The van der Waals surface area contributed by atoms with Gasteiger partial charge in [0.2, 0.25) is 11.8 Å². The van der Waals surface area contributed by atoms with E-state index in [9.17, 15) is 24.9 Å². The van der Waals surface area contributed by atoms with Crippen LogP contribution in [-0.2, 0) is 22.4 Å². The van der Waals surface area contributed by atoms with Crippen molar-refractivity contribution in [2.45, 2.75) is 25.0 Å². The molecule has 12 heteroatoms. The summed E-state index contributed by atoms with van der Waals surface area (Å²) in [5.74, 6) is -0.825. The monoisotopic (exact) mass is 734 g/mol. The number of benzene rings is 1. The minimum Gasteiger partial charge on any atom is -0.506 e. The first-order valence-electron chi connectivity index (χ1n) is 8.10. The summed E-state index contributed by atoms with van der Waals surface area (Å²) in [4.78, 5) is 24.3. The second-order valence-corrected chi connectivity index (χ2v) is 9.12. The zero-order chi connectivity index (χ0) is 21.4. The molecule has 0 spiro atoms. The number of phenols is 1. The molecule has 2 atom stereocenters. The van der Waals surface area contributed by atoms with E-state index >= 15 is 0 Å². The molecule has 0 aliphatic heterocycles. The van der Waals surface area contributed by atoms with Crippen LogP contribution in [0.2, 0.25) is 0 Å². The summed E-state index contributed by atoms with van der Waals surface area (Å²) in [6.07, 6.45) is -2.25. The normalized spacial score (nSPS) is 13.1. The van der Waals surface area contributed by atoms with E-state index in [0.717, 1.165) is 0 Å². The third-order valence-electron chi connectivity index (χ3n) is 3.64. The highest BCUT2D eigenvalue weighted by Crippen LogP contribution is 2.36. The number of amides is 2. The lowest BCUT2D eigenvalue weighted by molar-refractivity contribution is -0.121. The maximum absolute atomic E-state index is 12.2.